The number of anilines is 1. The van der Waals surface area contributed by atoms with Crippen molar-refractivity contribution in [1.29, 1.82) is 0 Å². The summed E-state index contributed by atoms with van der Waals surface area (Å²) in [6.07, 6.45) is 2.52. The SMILES string of the molecule is CC1CCC(NS(=O)(=O)c2c(N)cccc2F)CC1C. The van der Waals surface area contributed by atoms with E-state index in [1.54, 1.807) is 0 Å². The van der Waals surface area contributed by atoms with E-state index in [1.165, 1.54) is 12.1 Å². The van der Waals surface area contributed by atoms with Gasteiger partial charge in [-0.3, -0.25) is 0 Å². The van der Waals surface area contributed by atoms with E-state index in [1.807, 2.05) is 0 Å². The maximum atomic E-state index is 13.7. The Morgan fingerprint density at radius 3 is 2.55 bits per heavy atom. The molecule has 1 aliphatic carbocycles. The number of sulfonamides is 1. The Morgan fingerprint density at radius 2 is 1.95 bits per heavy atom. The lowest BCUT2D eigenvalue weighted by molar-refractivity contribution is 0.242. The molecule has 0 amide bonds. The van der Waals surface area contributed by atoms with Gasteiger partial charge in [0.05, 0.1) is 5.69 Å². The number of halogens is 1. The van der Waals surface area contributed by atoms with Crippen LogP contribution in [0.1, 0.15) is 33.1 Å². The van der Waals surface area contributed by atoms with Crippen molar-refractivity contribution in [3.05, 3.63) is 24.0 Å². The minimum atomic E-state index is -3.91. The van der Waals surface area contributed by atoms with Crippen LogP contribution in [0.2, 0.25) is 0 Å². The van der Waals surface area contributed by atoms with Crippen LogP contribution in [0.25, 0.3) is 0 Å². The van der Waals surface area contributed by atoms with Crippen LogP contribution in [0.5, 0.6) is 0 Å². The zero-order valence-corrected chi connectivity index (χ0v) is 12.6. The highest BCUT2D eigenvalue weighted by Gasteiger charge is 2.30. The molecule has 112 valence electrons. The minimum Gasteiger partial charge on any atom is -0.398 e. The van der Waals surface area contributed by atoms with Gasteiger partial charge >= 0.3 is 0 Å². The summed E-state index contributed by atoms with van der Waals surface area (Å²) in [5.41, 5.74) is 5.54. The fraction of sp³-hybridized carbons (Fsp3) is 0.571. The quantitative estimate of drug-likeness (QED) is 0.843. The van der Waals surface area contributed by atoms with Crippen molar-refractivity contribution < 1.29 is 12.8 Å². The van der Waals surface area contributed by atoms with Gasteiger partial charge in [0.15, 0.2) is 0 Å². The molecule has 1 fully saturated rings. The van der Waals surface area contributed by atoms with Crippen LogP contribution in [0, 0.1) is 17.7 Å². The molecule has 0 saturated heterocycles. The molecule has 20 heavy (non-hydrogen) atoms. The van der Waals surface area contributed by atoms with Gasteiger partial charge in [-0.15, -0.1) is 0 Å². The molecule has 1 aliphatic rings. The predicted molar refractivity (Wildman–Crippen MR) is 77.1 cm³/mol. The first-order chi connectivity index (χ1) is 9.31. The molecular weight excluding hydrogens is 279 g/mol. The van der Waals surface area contributed by atoms with Gasteiger partial charge in [0, 0.05) is 6.04 Å². The van der Waals surface area contributed by atoms with E-state index in [0.29, 0.717) is 11.8 Å². The molecule has 1 aromatic carbocycles. The van der Waals surface area contributed by atoms with E-state index >= 15 is 0 Å². The fourth-order valence-electron chi connectivity index (χ4n) is 2.74. The van der Waals surface area contributed by atoms with Crippen molar-refractivity contribution in [2.75, 3.05) is 5.73 Å². The molecule has 0 aliphatic heterocycles. The summed E-state index contributed by atoms with van der Waals surface area (Å²) < 4.78 is 40.9. The summed E-state index contributed by atoms with van der Waals surface area (Å²) >= 11 is 0. The molecule has 1 aromatic rings. The monoisotopic (exact) mass is 300 g/mol. The molecule has 0 bridgehead atoms. The van der Waals surface area contributed by atoms with Crippen molar-refractivity contribution in [1.82, 2.24) is 4.72 Å². The molecule has 2 rings (SSSR count). The third-order valence-electron chi connectivity index (χ3n) is 4.19. The van der Waals surface area contributed by atoms with Crippen LogP contribution in [0.3, 0.4) is 0 Å². The van der Waals surface area contributed by atoms with E-state index < -0.39 is 20.7 Å². The van der Waals surface area contributed by atoms with E-state index in [4.69, 9.17) is 5.73 Å². The van der Waals surface area contributed by atoms with Gasteiger partial charge in [-0.1, -0.05) is 19.9 Å². The summed E-state index contributed by atoms with van der Waals surface area (Å²) in [4.78, 5) is -0.439. The number of rotatable bonds is 3. The highest BCUT2D eigenvalue weighted by molar-refractivity contribution is 7.89. The number of hydrogen-bond acceptors (Lipinski definition) is 3. The first kappa shape index (κ1) is 15.3. The van der Waals surface area contributed by atoms with Crippen LogP contribution in [0.15, 0.2) is 23.1 Å². The second-order valence-corrected chi connectivity index (χ2v) is 7.39. The molecule has 3 N–H and O–H groups in total. The van der Waals surface area contributed by atoms with Crippen molar-refractivity contribution in [2.24, 2.45) is 11.8 Å². The average Bonchev–Trinajstić information content (AvgIpc) is 2.33. The second kappa shape index (κ2) is 5.69. The summed E-state index contributed by atoms with van der Waals surface area (Å²) in [5, 5.41) is 0. The Bertz CT molecular complexity index is 569. The van der Waals surface area contributed by atoms with Crippen LogP contribution in [-0.2, 0) is 10.0 Å². The normalized spacial score (nSPS) is 27.4. The lowest BCUT2D eigenvalue weighted by Crippen LogP contribution is -2.40. The first-order valence-corrected chi connectivity index (χ1v) is 8.36. The van der Waals surface area contributed by atoms with Crippen LogP contribution < -0.4 is 10.5 Å². The molecule has 0 heterocycles. The topological polar surface area (TPSA) is 72.2 Å². The van der Waals surface area contributed by atoms with Crippen molar-refractivity contribution in [3.8, 4) is 0 Å². The van der Waals surface area contributed by atoms with Gasteiger partial charge in [0.2, 0.25) is 10.0 Å². The zero-order valence-electron chi connectivity index (χ0n) is 11.8. The Morgan fingerprint density at radius 1 is 1.25 bits per heavy atom. The van der Waals surface area contributed by atoms with E-state index in [0.717, 1.165) is 25.3 Å². The molecule has 4 nitrogen and oxygen atoms in total. The summed E-state index contributed by atoms with van der Waals surface area (Å²) in [5.74, 6) is 0.235. The maximum absolute atomic E-state index is 13.7. The lowest BCUT2D eigenvalue weighted by atomic mass is 9.79. The highest BCUT2D eigenvalue weighted by Crippen LogP contribution is 2.31. The van der Waals surface area contributed by atoms with E-state index in [9.17, 15) is 12.8 Å². The van der Waals surface area contributed by atoms with Gasteiger partial charge in [0.25, 0.3) is 0 Å². The van der Waals surface area contributed by atoms with Crippen molar-refractivity contribution in [3.63, 3.8) is 0 Å². The molecule has 1 saturated carbocycles. The van der Waals surface area contributed by atoms with Crippen LogP contribution in [-0.4, -0.2) is 14.5 Å². The van der Waals surface area contributed by atoms with Gasteiger partial charge < -0.3 is 5.73 Å². The van der Waals surface area contributed by atoms with E-state index in [-0.39, 0.29) is 11.7 Å². The first-order valence-electron chi connectivity index (χ1n) is 6.87. The molecular formula is C14H21FN2O2S. The molecule has 0 radical (unpaired) electrons. The summed E-state index contributed by atoms with van der Waals surface area (Å²) in [7, 11) is -3.91. The third-order valence-corrected chi connectivity index (χ3v) is 5.80. The number of nitrogens with one attached hydrogen (secondary N) is 1. The predicted octanol–water partition coefficient (Wildman–Crippen LogP) is 2.51. The number of hydrogen-bond donors (Lipinski definition) is 2. The summed E-state index contributed by atoms with van der Waals surface area (Å²) in [6.45, 7) is 4.28. The molecule has 0 spiro atoms. The van der Waals surface area contributed by atoms with Crippen molar-refractivity contribution >= 4 is 15.7 Å². The van der Waals surface area contributed by atoms with Gasteiger partial charge in [0.1, 0.15) is 10.7 Å². The Hall–Kier alpha value is -1.14. The Balaban J connectivity index is 2.20. The standard InChI is InChI=1S/C14H21FN2O2S/c1-9-6-7-11(8-10(9)2)17-20(18,19)14-12(15)4-3-5-13(14)16/h3-5,9-11,17H,6-8,16H2,1-2H3. The third kappa shape index (κ3) is 3.12. The molecule has 3 atom stereocenters. The van der Waals surface area contributed by atoms with Gasteiger partial charge in [-0.25, -0.2) is 17.5 Å². The second-order valence-electron chi connectivity index (χ2n) is 5.74. The number of nitrogen functional groups attached to an aromatic ring is 1. The number of benzene rings is 1. The zero-order chi connectivity index (χ0) is 14.9. The van der Waals surface area contributed by atoms with Crippen LogP contribution in [0.4, 0.5) is 10.1 Å². The van der Waals surface area contributed by atoms with Crippen LogP contribution >= 0.6 is 0 Å². The van der Waals surface area contributed by atoms with E-state index in [2.05, 4.69) is 18.6 Å². The molecule has 6 heteroatoms. The average molecular weight is 300 g/mol. The Kier molecular flexibility index (Phi) is 4.34. The highest BCUT2D eigenvalue weighted by atomic mass is 32.2. The lowest BCUT2D eigenvalue weighted by Gasteiger charge is -2.32. The smallest absolute Gasteiger partial charge is 0.245 e. The van der Waals surface area contributed by atoms with Gasteiger partial charge in [-0.2, -0.15) is 0 Å². The Labute approximate surface area is 119 Å². The fourth-order valence-corrected chi connectivity index (χ4v) is 4.22. The molecule has 0 aromatic heterocycles. The van der Waals surface area contributed by atoms with Gasteiger partial charge in [-0.05, 0) is 43.2 Å². The van der Waals surface area contributed by atoms with Crippen molar-refractivity contribution in [2.45, 2.75) is 44.0 Å². The maximum Gasteiger partial charge on any atom is 0.245 e. The largest absolute Gasteiger partial charge is 0.398 e. The number of nitrogens with two attached hydrogens (primary N) is 1. The minimum absolute atomic E-state index is 0.0604. The molecule has 3 unspecified atom stereocenters. The summed E-state index contributed by atoms with van der Waals surface area (Å²) in [6, 6.07) is 3.75.